The van der Waals surface area contributed by atoms with Gasteiger partial charge in [-0.05, 0) is 25.3 Å². The monoisotopic (exact) mass is 277 g/mol. The number of carbonyl (C=O) groups is 1. The second kappa shape index (κ2) is 6.86. The number of benzene rings is 1. The van der Waals surface area contributed by atoms with Crippen LogP contribution in [0.3, 0.4) is 0 Å². The maximum atomic E-state index is 11.0. The lowest BCUT2D eigenvalue weighted by Crippen LogP contribution is -2.40. The molecule has 1 fully saturated rings. The number of likely N-dealkylation sites (tertiary alicyclic amines) is 1. The summed E-state index contributed by atoms with van der Waals surface area (Å²) in [5.74, 6) is -0.243. The molecular formula is C16H23NO3. The van der Waals surface area contributed by atoms with Crippen LogP contribution in [0.1, 0.15) is 30.9 Å². The average Bonchev–Trinajstić information content (AvgIpc) is 2.78. The SMILES string of the molecule is CC(=O)OC[C@H]1CC[C@H](CO)N1Cc1cccc(C)c1. The van der Waals surface area contributed by atoms with E-state index in [1.165, 1.54) is 18.1 Å². The van der Waals surface area contributed by atoms with E-state index < -0.39 is 0 Å². The zero-order chi connectivity index (χ0) is 14.5. The van der Waals surface area contributed by atoms with E-state index in [9.17, 15) is 9.90 Å². The van der Waals surface area contributed by atoms with Crippen molar-refractivity contribution >= 4 is 5.97 Å². The number of hydrogen-bond donors (Lipinski definition) is 1. The second-order valence-corrected chi connectivity index (χ2v) is 5.53. The molecule has 1 heterocycles. The number of aliphatic hydroxyl groups is 1. The van der Waals surface area contributed by atoms with Crippen LogP contribution in [0.25, 0.3) is 0 Å². The van der Waals surface area contributed by atoms with Crippen LogP contribution in [0.4, 0.5) is 0 Å². The Morgan fingerprint density at radius 3 is 2.80 bits per heavy atom. The normalized spacial score (nSPS) is 22.9. The van der Waals surface area contributed by atoms with E-state index >= 15 is 0 Å². The molecule has 0 amide bonds. The predicted molar refractivity (Wildman–Crippen MR) is 77.3 cm³/mol. The van der Waals surface area contributed by atoms with Gasteiger partial charge in [0.15, 0.2) is 0 Å². The van der Waals surface area contributed by atoms with Crippen LogP contribution in [0, 0.1) is 6.92 Å². The molecular weight excluding hydrogens is 254 g/mol. The topological polar surface area (TPSA) is 49.8 Å². The molecule has 4 nitrogen and oxygen atoms in total. The van der Waals surface area contributed by atoms with Crippen molar-refractivity contribution in [3.63, 3.8) is 0 Å². The molecule has 1 aliphatic heterocycles. The van der Waals surface area contributed by atoms with E-state index in [2.05, 4.69) is 36.1 Å². The quantitative estimate of drug-likeness (QED) is 0.835. The van der Waals surface area contributed by atoms with Crippen molar-refractivity contribution < 1.29 is 14.6 Å². The van der Waals surface area contributed by atoms with Gasteiger partial charge in [-0.25, -0.2) is 0 Å². The number of carbonyl (C=O) groups excluding carboxylic acids is 1. The molecule has 0 bridgehead atoms. The summed E-state index contributed by atoms with van der Waals surface area (Å²) in [7, 11) is 0. The standard InChI is InChI=1S/C16H23NO3/c1-12-4-3-5-14(8-12)9-17-15(10-18)6-7-16(17)11-20-13(2)19/h3-5,8,15-16,18H,6-7,9-11H2,1-2H3/t15-,16-/m1/s1. The minimum absolute atomic E-state index is 0.155. The maximum absolute atomic E-state index is 11.0. The Morgan fingerprint density at radius 2 is 2.15 bits per heavy atom. The third-order valence-corrected chi connectivity index (χ3v) is 3.91. The number of aliphatic hydroxyl groups excluding tert-OH is 1. The average molecular weight is 277 g/mol. The third kappa shape index (κ3) is 3.81. The zero-order valence-electron chi connectivity index (χ0n) is 12.2. The van der Waals surface area contributed by atoms with Gasteiger partial charge in [0.2, 0.25) is 0 Å². The highest BCUT2D eigenvalue weighted by Gasteiger charge is 2.33. The van der Waals surface area contributed by atoms with Crippen LogP contribution in [0.5, 0.6) is 0 Å². The van der Waals surface area contributed by atoms with Gasteiger partial charge in [-0.15, -0.1) is 0 Å². The summed E-state index contributed by atoms with van der Waals surface area (Å²) in [6.07, 6.45) is 1.92. The number of esters is 1. The molecule has 0 aromatic heterocycles. The van der Waals surface area contributed by atoms with Gasteiger partial charge >= 0.3 is 5.97 Å². The molecule has 2 rings (SSSR count). The molecule has 1 aromatic carbocycles. The molecule has 0 radical (unpaired) electrons. The summed E-state index contributed by atoms with van der Waals surface area (Å²) < 4.78 is 5.15. The Kier molecular flexibility index (Phi) is 5.15. The highest BCUT2D eigenvalue weighted by Crippen LogP contribution is 2.26. The number of nitrogens with zero attached hydrogens (tertiary/aromatic N) is 1. The summed E-state index contributed by atoms with van der Waals surface area (Å²) in [5, 5.41) is 9.51. The van der Waals surface area contributed by atoms with E-state index in [1.807, 2.05) is 0 Å². The minimum atomic E-state index is -0.243. The first kappa shape index (κ1) is 15.0. The van der Waals surface area contributed by atoms with Crippen molar-refractivity contribution in [1.29, 1.82) is 0 Å². The molecule has 1 saturated heterocycles. The second-order valence-electron chi connectivity index (χ2n) is 5.53. The smallest absolute Gasteiger partial charge is 0.302 e. The highest BCUT2D eigenvalue weighted by molar-refractivity contribution is 5.65. The van der Waals surface area contributed by atoms with E-state index in [4.69, 9.17) is 4.74 Å². The Bertz CT molecular complexity index is 461. The number of ether oxygens (including phenoxy) is 1. The van der Waals surface area contributed by atoms with Gasteiger partial charge in [0, 0.05) is 25.6 Å². The molecule has 1 aliphatic rings. The van der Waals surface area contributed by atoms with Gasteiger partial charge in [-0.1, -0.05) is 29.8 Å². The van der Waals surface area contributed by atoms with Gasteiger partial charge in [0.1, 0.15) is 6.61 Å². The summed E-state index contributed by atoms with van der Waals surface area (Å²) in [6, 6.07) is 8.76. The van der Waals surface area contributed by atoms with Crippen LogP contribution in [-0.4, -0.2) is 41.3 Å². The van der Waals surface area contributed by atoms with Gasteiger partial charge in [-0.3, -0.25) is 9.69 Å². The predicted octanol–water partition coefficient (Wildman–Crippen LogP) is 1.88. The molecule has 2 atom stereocenters. The fourth-order valence-electron chi connectivity index (χ4n) is 2.88. The van der Waals surface area contributed by atoms with E-state index in [1.54, 1.807) is 0 Å². The summed E-state index contributed by atoms with van der Waals surface area (Å²) in [6.45, 7) is 4.87. The minimum Gasteiger partial charge on any atom is -0.464 e. The first-order valence-electron chi connectivity index (χ1n) is 7.15. The van der Waals surface area contributed by atoms with Crippen LogP contribution in [0.15, 0.2) is 24.3 Å². The summed E-state index contributed by atoms with van der Waals surface area (Å²) >= 11 is 0. The van der Waals surface area contributed by atoms with Gasteiger partial charge in [-0.2, -0.15) is 0 Å². The lowest BCUT2D eigenvalue weighted by molar-refractivity contribution is -0.142. The van der Waals surface area contributed by atoms with Crippen molar-refractivity contribution in [3.05, 3.63) is 35.4 Å². The summed E-state index contributed by atoms with van der Waals surface area (Å²) in [5.41, 5.74) is 2.47. The first-order chi connectivity index (χ1) is 9.60. The molecule has 0 aliphatic carbocycles. The van der Waals surface area contributed by atoms with Crippen molar-refractivity contribution in [3.8, 4) is 0 Å². The highest BCUT2D eigenvalue weighted by atomic mass is 16.5. The van der Waals surface area contributed by atoms with E-state index in [0.29, 0.717) is 6.61 Å². The number of aryl methyl sites for hydroxylation is 1. The molecule has 0 saturated carbocycles. The fraction of sp³-hybridized carbons (Fsp3) is 0.562. The lowest BCUT2D eigenvalue weighted by Gasteiger charge is -2.29. The molecule has 0 unspecified atom stereocenters. The lowest BCUT2D eigenvalue weighted by atomic mass is 10.1. The molecule has 110 valence electrons. The molecule has 0 spiro atoms. The Hall–Kier alpha value is -1.39. The van der Waals surface area contributed by atoms with Crippen LogP contribution < -0.4 is 0 Å². The van der Waals surface area contributed by atoms with E-state index in [-0.39, 0.29) is 24.7 Å². The van der Waals surface area contributed by atoms with Crippen molar-refractivity contribution in [2.24, 2.45) is 0 Å². The number of hydrogen-bond acceptors (Lipinski definition) is 4. The van der Waals surface area contributed by atoms with Crippen molar-refractivity contribution in [2.75, 3.05) is 13.2 Å². The molecule has 4 heteroatoms. The van der Waals surface area contributed by atoms with E-state index in [0.717, 1.165) is 19.4 Å². The molecule has 1 N–H and O–H groups in total. The van der Waals surface area contributed by atoms with Crippen LogP contribution in [-0.2, 0) is 16.1 Å². The van der Waals surface area contributed by atoms with Crippen LogP contribution >= 0.6 is 0 Å². The summed E-state index contributed by atoms with van der Waals surface area (Å²) in [4.78, 5) is 13.2. The van der Waals surface area contributed by atoms with Gasteiger partial charge < -0.3 is 9.84 Å². The number of rotatable bonds is 5. The Labute approximate surface area is 120 Å². The van der Waals surface area contributed by atoms with Gasteiger partial charge in [0.05, 0.1) is 6.61 Å². The first-order valence-corrected chi connectivity index (χ1v) is 7.15. The largest absolute Gasteiger partial charge is 0.464 e. The Morgan fingerprint density at radius 1 is 1.40 bits per heavy atom. The van der Waals surface area contributed by atoms with Gasteiger partial charge in [0.25, 0.3) is 0 Å². The molecule has 20 heavy (non-hydrogen) atoms. The molecule has 1 aromatic rings. The van der Waals surface area contributed by atoms with Crippen molar-refractivity contribution in [1.82, 2.24) is 4.90 Å². The zero-order valence-corrected chi connectivity index (χ0v) is 12.2. The van der Waals surface area contributed by atoms with Crippen molar-refractivity contribution in [2.45, 2.75) is 45.3 Å². The van der Waals surface area contributed by atoms with Crippen LogP contribution in [0.2, 0.25) is 0 Å². The maximum Gasteiger partial charge on any atom is 0.302 e. The fourth-order valence-corrected chi connectivity index (χ4v) is 2.88. The Balaban J connectivity index is 2.05. The third-order valence-electron chi connectivity index (χ3n) is 3.91.